The van der Waals surface area contributed by atoms with Gasteiger partial charge in [-0.15, -0.1) is 0 Å². The van der Waals surface area contributed by atoms with Crippen LogP contribution in [0.3, 0.4) is 0 Å². The minimum Gasteiger partial charge on any atom is -0.493 e. The molecule has 10 heteroatoms. The van der Waals surface area contributed by atoms with E-state index in [0.717, 1.165) is 0 Å². The first-order valence-corrected chi connectivity index (χ1v) is 10.1. The summed E-state index contributed by atoms with van der Waals surface area (Å²) in [6.45, 7) is 3.97. The average molecular weight is 462 g/mol. The quantitative estimate of drug-likeness (QED) is 0.514. The van der Waals surface area contributed by atoms with Gasteiger partial charge in [-0.2, -0.15) is 0 Å². The monoisotopic (exact) mass is 462 g/mol. The van der Waals surface area contributed by atoms with Crippen LogP contribution in [0.15, 0.2) is 12.1 Å². The Hall–Kier alpha value is -3.82. The fourth-order valence-electron chi connectivity index (χ4n) is 3.56. The minimum absolute atomic E-state index is 0.0641. The van der Waals surface area contributed by atoms with Gasteiger partial charge in [0.2, 0.25) is 18.3 Å². The Morgan fingerprint density at radius 3 is 1.82 bits per heavy atom. The molecule has 178 valence electrons. The predicted molar refractivity (Wildman–Crippen MR) is 116 cm³/mol. The highest BCUT2D eigenvalue weighted by molar-refractivity contribution is 6.08. The molecule has 1 aliphatic rings. The van der Waals surface area contributed by atoms with Crippen molar-refractivity contribution in [1.82, 2.24) is 0 Å². The maximum absolute atomic E-state index is 12.9. The number of esters is 2. The SMILES string of the molecule is CCOc1c(OC)cc(C(=O)OC)c(-c2c(C(=O)OC)cc(OC)c3c2OCO3)c1OCC. The minimum atomic E-state index is -0.688. The van der Waals surface area contributed by atoms with E-state index in [1.807, 2.05) is 0 Å². The van der Waals surface area contributed by atoms with E-state index in [0.29, 0.717) is 0 Å². The molecule has 3 rings (SSSR count). The van der Waals surface area contributed by atoms with Gasteiger partial charge in [0, 0.05) is 11.1 Å². The molecule has 1 heterocycles. The van der Waals surface area contributed by atoms with Crippen LogP contribution in [-0.4, -0.2) is 60.4 Å². The van der Waals surface area contributed by atoms with Gasteiger partial charge in [0.15, 0.2) is 23.0 Å². The summed E-state index contributed by atoms with van der Waals surface area (Å²) in [5, 5.41) is 0. The molecule has 0 spiro atoms. The smallest absolute Gasteiger partial charge is 0.338 e. The van der Waals surface area contributed by atoms with E-state index in [-0.39, 0.29) is 76.8 Å². The summed E-state index contributed by atoms with van der Waals surface area (Å²) in [7, 11) is 5.36. The van der Waals surface area contributed by atoms with E-state index in [9.17, 15) is 9.59 Å². The van der Waals surface area contributed by atoms with Crippen LogP contribution in [0.1, 0.15) is 34.6 Å². The number of carbonyl (C=O) groups is 2. The van der Waals surface area contributed by atoms with Crippen LogP contribution in [0.2, 0.25) is 0 Å². The average Bonchev–Trinajstić information content (AvgIpc) is 3.33. The van der Waals surface area contributed by atoms with Crippen molar-refractivity contribution in [2.24, 2.45) is 0 Å². The molecule has 1 aliphatic heterocycles. The Labute approximate surface area is 191 Å². The van der Waals surface area contributed by atoms with Crippen LogP contribution in [0.5, 0.6) is 34.5 Å². The number of methoxy groups -OCH3 is 4. The van der Waals surface area contributed by atoms with E-state index < -0.39 is 11.9 Å². The van der Waals surface area contributed by atoms with E-state index in [1.54, 1.807) is 13.8 Å². The first-order chi connectivity index (χ1) is 16.0. The van der Waals surface area contributed by atoms with Crippen LogP contribution in [-0.2, 0) is 9.47 Å². The molecule has 0 amide bonds. The fourth-order valence-corrected chi connectivity index (χ4v) is 3.56. The van der Waals surface area contributed by atoms with Crippen molar-refractivity contribution in [3.63, 3.8) is 0 Å². The Bertz CT molecular complexity index is 1060. The Morgan fingerprint density at radius 1 is 0.758 bits per heavy atom. The third-order valence-corrected chi connectivity index (χ3v) is 4.89. The third kappa shape index (κ3) is 4.15. The number of benzene rings is 2. The van der Waals surface area contributed by atoms with Crippen molar-refractivity contribution in [3.8, 4) is 45.6 Å². The summed E-state index contributed by atoms with van der Waals surface area (Å²) in [5.41, 5.74) is 0.548. The van der Waals surface area contributed by atoms with E-state index in [1.165, 1.54) is 40.6 Å². The molecule has 33 heavy (non-hydrogen) atoms. The van der Waals surface area contributed by atoms with Gasteiger partial charge in [-0.1, -0.05) is 0 Å². The largest absolute Gasteiger partial charge is 0.493 e. The second kappa shape index (κ2) is 10.2. The molecule has 0 saturated carbocycles. The fraction of sp³-hybridized carbons (Fsp3) is 0.391. The lowest BCUT2D eigenvalue weighted by Crippen LogP contribution is -2.12. The van der Waals surface area contributed by atoms with Crippen LogP contribution in [0, 0.1) is 0 Å². The molecule has 0 bridgehead atoms. The summed E-state index contributed by atoms with van der Waals surface area (Å²) in [4.78, 5) is 25.7. The maximum atomic E-state index is 12.9. The van der Waals surface area contributed by atoms with Crippen molar-refractivity contribution in [3.05, 3.63) is 23.3 Å². The number of carbonyl (C=O) groups excluding carboxylic acids is 2. The molecule has 2 aromatic carbocycles. The van der Waals surface area contributed by atoms with Gasteiger partial charge in [0.05, 0.1) is 52.8 Å². The lowest BCUT2D eigenvalue weighted by atomic mass is 9.91. The zero-order chi connectivity index (χ0) is 24.1. The Balaban J connectivity index is 2.55. The second-order valence-electron chi connectivity index (χ2n) is 6.57. The summed E-state index contributed by atoms with van der Waals surface area (Å²) in [6, 6.07) is 2.91. The first kappa shape index (κ1) is 23.8. The zero-order valence-corrected chi connectivity index (χ0v) is 19.4. The van der Waals surface area contributed by atoms with Crippen molar-refractivity contribution in [2.45, 2.75) is 13.8 Å². The van der Waals surface area contributed by atoms with Gasteiger partial charge in [-0.3, -0.25) is 0 Å². The molecule has 0 N–H and O–H groups in total. The van der Waals surface area contributed by atoms with E-state index in [4.69, 9.17) is 37.9 Å². The maximum Gasteiger partial charge on any atom is 0.338 e. The van der Waals surface area contributed by atoms with E-state index >= 15 is 0 Å². The highest BCUT2D eigenvalue weighted by Gasteiger charge is 2.36. The summed E-state index contributed by atoms with van der Waals surface area (Å²) < 4.78 is 43.9. The topological polar surface area (TPSA) is 108 Å². The summed E-state index contributed by atoms with van der Waals surface area (Å²) in [6.07, 6.45) is 0. The third-order valence-electron chi connectivity index (χ3n) is 4.89. The van der Waals surface area contributed by atoms with E-state index in [2.05, 4.69) is 0 Å². The highest BCUT2D eigenvalue weighted by Crippen LogP contribution is 2.55. The summed E-state index contributed by atoms with van der Waals surface area (Å²) in [5.74, 6) is 0.0333. The normalized spacial score (nSPS) is 11.6. The van der Waals surface area contributed by atoms with Crippen LogP contribution in [0.4, 0.5) is 0 Å². The lowest BCUT2D eigenvalue weighted by molar-refractivity contribution is 0.0589. The predicted octanol–water partition coefficient (Wildman–Crippen LogP) is 3.47. The highest BCUT2D eigenvalue weighted by atomic mass is 16.7. The van der Waals surface area contributed by atoms with Crippen LogP contribution < -0.4 is 28.4 Å². The lowest BCUT2D eigenvalue weighted by Gasteiger charge is -2.22. The second-order valence-corrected chi connectivity index (χ2v) is 6.57. The van der Waals surface area contributed by atoms with Gasteiger partial charge in [0.1, 0.15) is 0 Å². The van der Waals surface area contributed by atoms with Crippen LogP contribution >= 0.6 is 0 Å². The van der Waals surface area contributed by atoms with Crippen molar-refractivity contribution in [1.29, 1.82) is 0 Å². The molecule has 0 fully saturated rings. The van der Waals surface area contributed by atoms with Crippen LogP contribution in [0.25, 0.3) is 11.1 Å². The number of hydrogen-bond donors (Lipinski definition) is 0. The molecule has 0 aliphatic carbocycles. The number of fused-ring (bicyclic) bond motifs is 1. The number of ether oxygens (including phenoxy) is 8. The molecule has 0 radical (unpaired) electrons. The molecule has 0 saturated heterocycles. The molecule has 0 unspecified atom stereocenters. The zero-order valence-electron chi connectivity index (χ0n) is 19.4. The number of hydrogen-bond acceptors (Lipinski definition) is 10. The number of rotatable bonds is 9. The molecule has 0 aromatic heterocycles. The molecular formula is C23H26O10. The van der Waals surface area contributed by atoms with Crippen molar-refractivity contribution < 1.29 is 47.5 Å². The first-order valence-electron chi connectivity index (χ1n) is 10.1. The summed E-state index contributed by atoms with van der Waals surface area (Å²) >= 11 is 0. The van der Waals surface area contributed by atoms with Gasteiger partial charge in [0.25, 0.3) is 0 Å². The molecule has 10 nitrogen and oxygen atoms in total. The van der Waals surface area contributed by atoms with Crippen molar-refractivity contribution in [2.75, 3.05) is 48.4 Å². The standard InChI is InChI=1S/C23H26O10/c1-7-30-18-14(26-3)9-12(22(24)28-5)16(20(18)31-8-2)17-13(23(25)29-6)10-15(27-4)19-21(17)33-11-32-19/h9-10H,7-8,11H2,1-6H3. The van der Waals surface area contributed by atoms with Gasteiger partial charge >= 0.3 is 11.9 Å². The van der Waals surface area contributed by atoms with Gasteiger partial charge < -0.3 is 37.9 Å². The van der Waals surface area contributed by atoms with Gasteiger partial charge in [-0.25, -0.2) is 9.59 Å². The molecule has 2 aromatic rings. The molecule has 0 atom stereocenters. The van der Waals surface area contributed by atoms with Crippen molar-refractivity contribution >= 4 is 11.9 Å². The Morgan fingerprint density at radius 2 is 1.27 bits per heavy atom. The Kier molecular flexibility index (Phi) is 7.37. The molecular weight excluding hydrogens is 436 g/mol. The van der Waals surface area contributed by atoms with Gasteiger partial charge in [-0.05, 0) is 26.0 Å².